The number of hydrogen-bond acceptors (Lipinski definition) is 4. The molecule has 7 nitrogen and oxygen atoms in total. The summed E-state index contributed by atoms with van der Waals surface area (Å²) in [5.41, 5.74) is 4.73. The van der Waals surface area contributed by atoms with E-state index in [1.54, 1.807) is 4.90 Å². The van der Waals surface area contributed by atoms with Crippen LogP contribution >= 0.6 is 0 Å². The number of fused-ring (bicyclic) bond motifs is 3. The van der Waals surface area contributed by atoms with Crippen LogP contribution in [0.3, 0.4) is 0 Å². The van der Waals surface area contributed by atoms with Crippen molar-refractivity contribution in [2.45, 2.75) is 62.9 Å². The van der Waals surface area contributed by atoms with Gasteiger partial charge in [-0.2, -0.15) is 0 Å². The van der Waals surface area contributed by atoms with E-state index in [2.05, 4.69) is 29.6 Å². The second kappa shape index (κ2) is 10.1. The van der Waals surface area contributed by atoms with E-state index < -0.39 is 12.1 Å². The quantitative estimate of drug-likeness (QED) is 0.611. The molecule has 3 aliphatic rings. The maximum Gasteiger partial charge on any atom is 0.407 e. The molecule has 2 aliphatic carbocycles. The lowest BCUT2D eigenvalue weighted by Gasteiger charge is -2.27. The lowest BCUT2D eigenvalue weighted by molar-refractivity contribution is -0.140. The highest BCUT2D eigenvalue weighted by Crippen LogP contribution is 2.44. The summed E-state index contributed by atoms with van der Waals surface area (Å²) < 4.78 is 5.70. The van der Waals surface area contributed by atoms with Crippen molar-refractivity contribution < 1.29 is 24.2 Å². The van der Waals surface area contributed by atoms with Gasteiger partial charge in [0.05, 0.1) is 6.42 Å². The number of alkyl carbamates (subject to hydrolysis) is 1. The number of benzene rings is 2. The minimum Gasteiger partial charge on any atom is -0.481 e. The first kappa shape index (κ1) is 23.4. The number of carbonyl (C=O) groups excluding carboxylic acids is 2. The predicted octanol–water partition coefficient (Wildman–Crippen LogP) is 4.55. The molecule has 5 rings (SSSR count). The molecule has 7 heteroatoms. The SMILES string of the molecule is O=C(O)C[C@H]1CCCN1C(=O)C[C@@H]1CCC[C@H]1NC(=O)OCC1c2ccccc2-c2ccccc21. The van der Waals surface area contributed by atoms with E-state index in [9.17, 15) is 14.4 Å². The van der Waals surface area contributed by atoms with Gasteiger partial charge in [0.15, 0.2) is 0 Å². The average Bonchev–Trinajstić information content (AvgIpc) is 3.56. The zero-order chi connectivity index (χ0) is 24.4. The minimum atomic E-state index is -0.870. The van der Waals surface area contributed by atoms with Gasteiger partial charge in [0.25, 0.3) is 0 Å². The molecule has 3 atom stereocenters. The summed E-state index contributed by atoms with van der Waals surface area (Å²) >= 11 is 0. The van der Waals surface area contributed by atoms with Crippen molar-refractivity contribution in [2.24, 2.45) is 5.92 Å². The van der Waals surface area contributed by atoms with Gasteiger partial charge in [-0.15, -0.1) is 0 Å². The molecule has 2 amide bonds. The topological polar surface area (TPSA) is 95.9 Å². The molecular weight excluding hydrogens is 444 g/mol. The van der Waals surface area contributed by atoms with Gasteiger partial charge in [-0.1, -0.05) is 55.0 Å². The number of nitrogens with zero attached hydrogens (tertiary/aromatic N) is 1. The molecule has 1 aliphatic heterocycles. The molecule has 1 saturated heterocycles. The van der Waals surface area contributed by atoms with Gasteiger partial charge >= 0.3 is 12.1 Å². The second-order valence-corrected chi connectivity index (χ2v) is 9.95. The largest absolute Gasteiger partial charge is 0.481 e. The van der Waals surface area contributed by atoms with Crippen molar-refractivity contribution in [1.82, 2.24) is 10.2 Å². The van der Waals surface area contributed by atoms with Crippen molar-refractivity contribution in [3.05, 3.63) is 59.7 Å². The summed E-state index contributed by atoms with van der Waals surface area (Å²) in [6, 6.07) is 16.2. The Balaban J connectivity index is 1.17. The summed E-state index contributed by atoms with van der Waals surface area (Å²) in [5.74, 6) is -0.810. The molecule has 1 heterocycles. The van der Waals surface area contributed by atoms with Crippen LogP contribution in [0.2, 0.25) is 0 Å². The summed E-state index contributed by atoms with van der Waals surface area (Å²) in [5, 5.41) is 12.2. The molecule has 2 aromatic carbocycles. The maximum absolute atomic E-state index is 12.9. The number of rotatable bonds is 7. The monoisotopic (exact) mass is 476 g/mol. The third-order valence-electron chi connectivity index (χ3n) is 7.85. The maximum atomic E-state index is 12.9. The lowest BCUT2D eigenvalue weighted by Crippen LogP contribution is -2.42. The number of nitrogens with one attached hydrogen (secondary N) is 1. The number of carboxylic acids is 1. The van der Waals surface area contributed by atoms with Crippen molar-refractivity contribution in [3.63, 3.8) is 0 Å². The van der Waals surface area contributed by atoms with Crippen molar-refractivity contribution >= 4 is 18.0 Å². The molecule has 0 aromatic heterocycles. The van der Waals surface area contributed by atoms with Gasteiger partial charge in [0.1, 0.15) is 6.61 Å². The molecule has 0 radical (unpaired) electrons. The van der Waals surface area contributed by atoms with Gasteiger partial charge < -0.3 is 20.1 Å². The highest BCUT2D eigenvalue weighted by Gasteiger charge is 2.36. The van der Waals surface area contributed by atoms with E-state index in [1.807, 2.05) is 24.3 Å². The van der Waals surface area contributed by atoms with E-state index in [1.165, 1.54) is 22.3 Å². The number of amides is 2. The van der Waals surface area contributed by atoms with E-state index in [-0.39, 0.29) is 42.9 Å². The molecule has 184 valence electrons. The van der Waals surface area contributed by atoms with Crippen LogP contribution < -0.4 is 5.32 Å². The summed E-state index contributed by atoms with van der Waals surface area (Å²) in [7, 11) is 0. The Morgan fingerprint density at radius 1 is 0.914 bits per heavy atom. The number of hydrogen-bond donors (Lipinski definition) is 2. The van der Waals surface area contributed by atoms with E-state index in [0.29, 0.717) is 13.0 Å². The molecule has 2 aromatic rings. The van der Waals surface area contributed by atoms with E-state index in [0.717, 1.165) is 32.1 Å². The first-order valence-electron chi connectivity index (χ1n) is 12.6. The fourth-order valence-corrected chi connectivity index (χ4v) is 6.18. The highest BCUT2D eigenvalue weighted by atomic mass is 16.5. The molecule has 0 unspecified atom stereocenters. The van der Waals surface area contributed by atoms with Crippen LogP contribution in [0.25, 0.3) is 11.1 Å². The van der Waals surface area contributed by atoms with Crippen LogP contribution in [0.4, 0.5) is 4.79 Å². The Bertz CT molecular complexity index is 1070. The molecular formula is C28H32N2O5. The zero-order valence-electron chi connectivity index (χ0n) is 19.8. The number of aliphatic carboxylic acids is 1. The standard InChI is InChI=1S/C28H32N2O5/c31-26(30-14-6-8-19(30)16-27(32)33)15-18-7-5-13-25(18)29-28(34)35-17-24-22-11-3-1-9-20(22)21-10-2-4-12-23(21)24/h1-4,9-12,18-19,24-25H,5-8,13-17H2,(H,29,34)(H,32,33)/t18-,19+,25+/m0/s1. The molecule has 2 N–H and O–H groups in total. The normalized spacial score (nSPS) is 23.1. The van der Waals surface area contributed by atoms with Crippen LogP contribution in [0.15, 0.2) is 48.5 Å². The average molecular weight is 477 g/mol. The first-order valence-corrected chi connectivity index (χ1v) is 12.6. The molecule has 35 heavy (non-hydrogen) atoms. The van der Waals surface area contributed by atoms with Crippen LogP contribution in [-0.2, 0) is 14.3 Å². The first-order chi connectivity index (χ1) is 17.0. The predicted molar refractivity (Wildman–Crippen MR) is 131 cm³/mol. The van der Waals surface area contributed by atoms with Crippen molar-refractivity contribution in [2.75, 3.05) is 13.2 Å². The summed E-state index contributed by atoms with van der Waals surface area (Å²) in [4.78, 5) is 38.6. The van der Waals surface area contributed by atoms with E-state index >= 15 is 0 Å². The van der Waals surface area contributed by atoms with Gasteiger partial charge in [-0.3, -0.25) is 9.59 Å². The minimum absolute atomic E-state index is 0.0000120. The lowest BCUT2D eigenvalue weighted by atomic mass is 9.98. The molecule has 1 saturated carbocycles. The Labute approximate surface area is 205 Å². The Morgan fingerprint density at radius 2 is 1.60 bits per heavy atom. The van der Waals surface area contributed by atoms with Crippen LogP contribution in [0.5, 0.6) is 0 Å². The zero-order valence-corrected chi connectivity index (χ0v) is 19.8. The highest BCUT2D eigenvalue weighted by molar-refractivity contribution is 5.80. The van der Waals surface area contributed by atoms with Gasteiger partial charge in [0.2, 0.25) is 5.91 Å². The van der Waals surface area contributed by atoms with Crippen LogP contribution in [0.1, 0.15) is 62.0 Å². The van der Waals surface area contributed by atoms with Crippen LogP contribution in [0, 0.1) is 5.92 Å². The molecule has 0 bridgehead atoms. The Kier molecular flexibility index (Phi) is 6.75. The Morgan fingerprint density at radius 3 is 2.29 bits per heavy atom. The van der Waals surface area contributed by atoms with Gasteiger partial charge in [0, 0.05) is 31.0 Å². The van der Waals surface area contributed by atoms with Crippen molar-refractivity contribution in [3.8, 4) is 11.1 Å². The third kappa shape index (κ3) is 4.90. The van der Waals surface area contributed by atoms with Gasteiger partial charge in [-0.05, 0) is 53.9 Å². The number of carbonyl (C=O) groups is 3. The third-order valence-corrected chi connectivity index (χ3v) is 7.85. The summed E-state index contributed by atoms with van der Waals surface area (Å²) in [6.07, 6.45) is 4.12. The van der Waals surface area contributed by atoms with Crippen molar-refractivity contribution in [1.29, 1.82) is 0 Å². The second-order valence-electron chi connectivity index (χ2n) is 9.95. The van der Waals surface area contributed by atoms with Crippen LogP contribution in [-0.4, -0.2) is 53.2 Å². The Hall–Kier alpha value is -3.35. The number of likely N-dealkylation sites (tertiary alicyclic amines) is 1. The number of ether oxygens (including phenoxy) is 1. The number of carboxylic acid groups (broad SMARTS) is 1. The summed E-state index contributed by atoms with van der Waals surface area (Å²) in [6.45, 7) is 0.884. The molecule has 2 fully saturated rings. The van der Waals surface area contributed by atoms with Gasteiger partial charge in [-0.25, -0.2) is 4.79 Å². The smallest absolute Gasteiger partial charge is 0.407 e. The fraction of sp³-hybridized carbons (Fsp3) is 0.464. The molecule has 0 spiro atoms. The fourth-order valence-electron chi connectivity index (χ4n) is 6.18. The van der Waals surface area contributed by atoms with E-state index in [4.69, 9.17) is 9.84 Å².